The van der Waals surface area contributed by atoms with Crippen LogP contribution in [0.2, 0.25) is 0 Å². The van der Waals surface area contributed by atoms with E-state index >= 15 is 0 Å². The van der Waals surface area contributed by atoms with Crippen LogP contribution >= 0.6 is 0 Å². The van der Waals surface area contributed by atoms with E-state index in [9.17, 15) is 4.79 Å². The minimum absolute atomic E-state index is 0.0445. The van der Waals surface area contributed by atoms with Crippen LogP contribution in [0.4, 0.5) is 0 Å². The van der Waals surface area contributed by atoms with Crippen molar-refractivity contribution in [2.75, 3.05) is 0 Å². The molecule has 0 fully saturated rings. The molecule has 0 radical (unpaired) electrons. The molecule has 1 heterocycles. The number of carbonyl (C=O) groups is 1. The van der Waals surface area contributed by atoms with Crippen molar-refractivity contribution in [2.24, 2.45) is 0 Å². The first kappa shape index (κ1) is 8.11. The second-order valence-corrected chi connectivity index (χ2v) is 3.45. The van der Waals surface area contributed by atoms with Crippen LogP contribution in [-0.2, 0) is 4.79 Å². The lowest BCUT2D eigenvalue weighted by Crippen LogP contribution is -2.47. The van der Waals surface area contributed by atoms with Crippen LogP contribution in [0.1, 0.15) is 27.7 Å². The van der Waals surface area contributed by atoms with Crippen molar-refractivity contribution in [2.45, 2.75) is 33.2 Å². The van der Waals surface area contributed by atoms with E-state index in [-0.39, 0.29) is 11.4 Å². The number of carbonyl (C=O) groups excluding carboxylic acids is 1. The van der Waals surface area contributed by atoms with Crippen LogP contribution < -0.4 is 5.43 Å². The van der Waals surface area contributed by atoms with Crippen molar-refractivity contribution in [3.8, 4) is 0 Å². The first-order valence-corrected chi connectivity index (χ1v) is 3.70. The number of amides is 1. The van der Waals surface area contributed by atoms with Crippen molar-refractivity contribution in [3.05, 3.63) is 11.8 Å². The standard InChI is InChI=1S/C8H14N2O/c1-6-5-8(3,4)10(9-6)7(2)11/h5,9H,1-4H3. The van der Waals surface area contributed by atoms with Gasteiger partial charge in [-0.1, -0.05) is 0 Å². The third-order valence-corrected chi connectivity index (χ3v) is 1.75. The van der Waals surface area contributed by atoms with Gasteiger partial charge in [0.05, 0.1) is 5.54 Å². The van der Waals surface area contributed by atoms with Gasteiger partial charge in [0.2, 0.25) is 5.91 Å². The van der Waals surface area contributed by atoms with Crippen LogP contribution in [0.3, 0.4) is 0 Å². The molecule has 0 atom stereocenters. The van der Waals surface area contributed by atoms with Gasteiger partial charge >= 0.3 is 0 Å². The monoisotopic (exact) mass is 154 g/mol. The lowest BCUT2D eigenvalue weighted by atomic mass is 10.1. The molecule has 3 heteroatoms. The smallest absolute Gasteiger partial charge is 0.238 e. The second kappa shape index (κ2) is 2.26. The Bertz CT molecular complexity index is 218. The van der Waals surface area contributed by atoms with Crippen LogP contribution in [0.5, 0.6) is 0 Å². The minimum atomic E-state index is -0.185. The molecule has 0 aromatic heterocycles. The lowest BCUT2D eigenvalue weighted by molar-refractivity contribution is -0.134. The number of allylic oxidation sites excluding steroid dienone is 1. The van der Waals surface area contributed by atoms with Crippen LogP contribution in [-0.4, -0.2) is 16.5 Å². The predicted octanol–water partition coefficient (Wildman–Crippen LogP) is 1.04. The molecular formula is C8H14N2O. The minimum Gasteiger partial charge on any atom is -0.300 e. The summed E-state index contributed by atoms with van der Waals surface area (Å²) >= 11 is 0. The van der Waals surface area contributed by atoms with E-state index in [1.54, 1.807) is 11.9 Å². The van der Waals surface area contributed by atoms with Gasteiger partial charge in [0.25, 0.3) is 0 Å². The van der Waals surface area contributed by atoms with Crippen molar-refractivity contribution in [1.82, 2.24) is 10.4 Å². The molecule has 0 saturated carbocycles. The van der Waals surface area contributed by atoms with Gasteiger partial charge in [0.1, 0.15) is 0 Å². The molecule has 0 aromatic rings. The van der Waals surface area contributed by atoms with Crippen molar-refractivity contribution >= 4 is 5.91 Å². The third-order valence-electron chi connectivity index (χ3n) is 1.75. The number of nitrogens with zero attached hydrogens (tertiary/aromatic N) is 1. The summed E-state index contributed by atoms with van der Waals surface area (Å²) in [6.07, 6.45) is 2.04. The average molecular weight is 154 g/mol. The summed E-state index contributed by atoms with van der Waals surface area (Å²) < 4.78 is 0. The first-order valence-electron chi connectivity index (χ1n) is 3.70. The quantitative estimate of drug-likeness (QED) is 0.565. The SMILES string of the molecule is CC(=O)N1NC(C)=CC1(C)C. The van der Waals surface area contributed by atoms with Crippen LogP contribution in [0.15, 0.2) is 11.8 Å². The topological polar surface area (TPSA) is 32.3 Å². The molecule has 0 saturated heterocycles. The van der Waals surface area contributed by atoms with Crippen molar-refractivity contribution < 1.29 is 4.79 Å². The molecule has 1 aliphatic heterocycles. The molecule has 0 bridgehead atoms. The van der Waals surface area contributed by atoms with Gasteiger partial charge in [-0.25, -0.2) is 5.01 Å². The molecule has 0 spiro atoms. The summed E-state index contributed by atoms with van der Waals surface area (Å²) in [5.41, 5.74) is 3.84. The molecule has 0 unspecified atom stereocenters. The van der Waals surface area contributed by atoms with Gasteiger partial charge in [-0.05, 0) is 26.8 Å². The van der Waals surface area contributed by atoms with Gasteiger partial charge < -0.3 is 0 Å². The Morgan fingerprint density at radius 3 is 2.36 bits per heavy atom. The van der Waals surface area contributed by atoms with Gasteiger partial charge in [-0.2, -0.15) is 0 Å². The molecule has 62 valence electrons. The second-order valence-electron chi connectivity index (χ2n) is 3.45. The van der Waals surface area contributed by atoms with Crippen molar-refractivity contribution in [1.29, 1.82) is 0 Å². The van der Waals surface area contributed by atoms with E-state index in [2.05, 4.69) is 5.43 Å². The molecule has 11 heavy (non-hydrogen) atoms. The van der Waals surface area contributed by atoms with E-state index in [0.717, 1.165) is 5.70 Å². The normalized spacial score (nSPS) is 21.1. The molecule has 0 aliphatic carbocycles. The van der Waals surface area contributed by atoms with Crippen molar-refractivity contribution in [3.63, 3.8) is 0 Å². The van der Waals surface area contributed by atoms with E-state index in [0.29, 0.717) is 0 Å². The summed E-state index contributed by atoms with van der Waals surface area (Å²) in [6, 6.07) is 0. The number of rotatable bonds is 0. The van der Waals surface area contributed by atoms with Gasteiger partial charge in [0.15, 0.2) is 0 Å². The number of nitrogens with one attached hydrogen (secondary N) is 1. The van der Waals surface area contributed by atoms with Gasteiger partial charge in [0, 0.05) is 12.6 Å². The molecule has 1 aliphatic rings. The zero-order chi connectivity index (χ0) is 8.65. The maximum Gasteiger partial charge on any atom is 0.238 e. The van der Waals surface area contributed by atoms with Gasteiger partial charge in [-0.3, -0.25) is 10.2 Å². The zero-order valence-electron chi connectivity index (χ0n) is 7.43. The lowest BCUT2D eigenvalue weighted by Gasteiger charge is -2.29. The van der Waals surface area contributed by atoms with E-state index in [4.69, 9.17) is 0 Å². The largest absolute Gasteiger partial charge is 0.300 e. The number of hydrogen-bond donors (Lipinski definition) is 1. The fourth-order valence-electron chi connectivity index (χ4n) is 1.43. The Morgan fingerprint density at radius 2 is 2.18 bits per heavy atom. The molecular weight excluding hydrogens is 140 g/mol. The highest BCUT2D eigenvalue weighted by atomic mass is 16.2. The maximum absolute atomic E-state index is 11.0. The summed E-state index contributed by atoms with van der Waals surface area (Å²) in [5, 5.41) is 1.63. The highest BCUT2D eigenvalue weighted by Crippen LogP contribution is 2.21. The average Bonchev–Trinajstić information content (AvgIpc) is 2.04. The Kier molecular flexibility index (Phi) is 1.66. The highest BCUT2D eigenvalue weighted by Gasteiger charge is 2.31. The number of hydrogen-bond acceptors (Lipinski definition) is 2. The fraction of sp³-hybridized carbons (Fsp3) is 0.625. The Hall–Kier alpha value is -0.990. The van der Waals surface area contributed by atoms with Crippen LogP contribution in [0, 0.1) is 0 Å². The van der Waals surface area contributed by atoms with E-state index < -0.39 is 0 Å². The summed E-state index contributed by atoms with van der Waals surface area (Å²) in [4.78, 5) is 11.0. The van der Waals surface area contributed by atoms with E-state index in [1.807, 2.05) is 26.8 Å². The van der Waals surface area contributed by atoms with Gasteiger partial charge in [-0.15, -0.1) is 0 Å². The summed E-state index contributed by atoms with van der Waals surface area (Å²) in [5.74, 6) is 0.0445. The Morgan fingerprint density at radius 1 is 1.64 bits per heavy atom. The first-order chi connectivity index (χ1) is 4.93. The Balaban J connectivity index is 2.84. The summed E-state index contributed by atoms with van der Waals surface area (Å²) in [7, 11) is 0. The highest BCUT2D eigenvalue weighted by molar-refractivity contribution is 5.74. The molecule has 1 rings (SSSR count). The van der Waals surface area contributed by atoms with E-state index in [1.165, 1.54) is 0 Å². The fourth-order valence-corrected chi connectivity index (χ4v) is 1.43. The molecule has 1 N–H and O–H groups in total. The molecule has 1 amide bonds. The summed E-state index contributed by atoms with van der Waals surface area (Å²) in [6.45, 7) is 7.50. The van der Waals surface area contributed by atoms with Crippen LogP contribution in [0.25, 0.3) is 0 Å². The maximum atomic E-state index is 11.0. The number of hydrazine groups is 1. The molecule has 3 nitrogen and oxygen atoms in total. The molecule has 0 aromatic carbocycles. The predicted molar refractivity (Wildman–Crippen MR) is 43.5 cm³/mol. The zero-order valence-corrected chi connectivity index (χ0v) is 7.43. The third kappa shape index (κ3) is 1.37. The Labute approximate surface area is 67.0 Å².